The fourth-order valence-electron chi connectivity index (χ4n) is 1.06. The molecule has 1 rings (SSSR count). The summed E-state index contributed by atoms with van der Waals surface area (Å²) < 4.78 is 0. The molecule has 0 aliphatic rings. The fraction of sp³-hybridized carbons (Fsp3) is 0.0769. The minimum atomic E-state index is -0.813. The van der Waals surface area contributed by atoms with E-state index in [4.69, 9.17) is 6.42 Å². The standard InChI is InChI=1S/C13H12O/c1-3-5-6-11-7-9-12(10-8-11)13(14)4-2/h2-3,5-10,13-14H,1H2/b6-5+. The quantitative estimate of drug-likeness (QED) is 0.565. The first kappa shape index (κ1) is 10.3. The summed E-state index contributed by atoms with van der Waals surface area (Å²) >= 11 is 0. The number of aliphatic hydroxyl groups is 1. The molecule has 0 saturated heterocycles. The van der Waals surface area contributed by atoms with Crippen molar-refractivity contribution in [2.45, 2.75) is 6.10 Å². The molecule has 0 aromatic heterocycles. The van der Waals surface area contributed by atoms with Crippen molar-refractivity contribution in [3.63, 3.8) is 0 Å². The van der Waals surface area contributed by atoms with Crippen molar-refractivity contribution in [1.29, 1.82) is 0 Å². The molecule has 0 amide bonds. The highest BCUT2D eigenvalue weighted by Gasteiger charge is 2.00. The van der Waals surface area contributed by atoms with E-state index in [1.807, 2.05) is 36.4 Å². The molecule has 1 aromatic carbocycles. The summed E-state index contributed by atoms with van der Waals surface area (Å²) in [4.78, 5) is 0. The van der Waals surface area contributed by atoms with E-state index >= 15 is 0 Å². The highest BCUT2D eigenvalue weighted by Crippen LogP contribution is 2.13. The molecule has 0 saturated carbocycles. The minimum absolute atomic E-state index is 0.739. The first-order valence-corrected chi connectivity index (χ1v) is 4.31. The number of rotatable bonds is 3. The number of hydrogen-bond acceptors (Lipinski definition) is 1. The zero-order valence-electron chi connectivity index (χ0n) is 7.85. The van der Waals surface area contributed by atoms with Crippen LogP contribution < -0.4 is 0 Å². The molecule has 0 aliphatic carbocycles. The molecule has 1 atom stereocenters. The Balaban J connectivity index is 2.84. The first-order chi connectivity index (χ1) is 6.77. The average molecular weight is 184 g/mol. The lowest BCUT2D eigenvalue weighted by Gasteiger charge is -2.03. The number of terminal acetylenes is 1. The van der Waals surface area contributed by atoms with Gasteiger partial charge in [-0.05, 0) is 11.1 Å². The Morgan fingerprint density at radius 1 is 1.36 bits per heavy atom. The lowest BCUT2D eigenvalue weighted by atomic mass is 10.1. The van der Waals surface area contributed by atoms with E-state index in [2.05, 4.69) is 12.5 Å². The van der Waals surface area contributed by atoms with Crippen molar-refractivity contribution in [3.05, 3.63) is 54.1 Å². The summed E-state index contributed by atoms with van der Waals surface area (Å²) in [6, 6.07) is 7.42. The molecule has 0 spiro atoms. The first-order valence-electron chi connectivity index (χ1n) is 4.31. The summed E-state index contributed by atoms with van der Waals surface area (Å²) in [5, 5.41) is 9.33. The van der Waals surface area contributed by atoms with Gasteiger partial charge in [0.25, 0.3) is 0 Å². The molecule has 0 bridgehead atoms. The molecular weight excluding hydrogens is 172 g/mol. The SMILES string of the molecule is C#CC(O)c1ccc(/C=C/C=C)cc1. The van der Waals surface area contributed by atoms with Crippen molar-refractivity contribution >= 4 is 6.08 Å². The van der Waals surface area contributed by atoms with Gasteiger partial charge in [0.2, 0.25) is 0 Å². The van der Waals surface area contributed by atoms with Crippen molar-refractivity contribution in [2.24, 2.45) is 0 Å². The summed E-state index contributed by atoms with van der Waals surface area (Å²) in [7, 11) is 0. The van der Waals surface area contributed by atoms with Crippen LogP contribution in [0.15, 0.2) is 43.0 Å². The van der Waals surface area contributed by atoms with Gasteiger partial charge < -0.3 is 5.11 Å². The van der Waals surface area contributed by atoms with Crippen LogP contribution >= 0.6 is 0 Å². The number of aliphatic hydroxyl groups excluding tert-OH is 1. The van der Waals surface area contributed by atoms with E-state index in [0.29, 0.717) is 0 Å². The molecule has 1 heteroatoms. The van der Waals surface area contributed by atoms with Gasteiger partial charge in [0.05, 0.1) is 0 Å². The van der Waals surface area contributed by atoms with Gasteiger partial charge in [-0.1, -0.05) is 55.0 Å². The summed E-state index contributed by atoms with van der Waals surface area (Å²) in [6.07, 6.45) is 9.78. The molecule has 14 heavy (non-hydrogen) atoms. The Hall–Kier alpha value is -1.78. The topological polar surface area (TPSA) is 20.2 Å². The van der Waals surface area contributed by atoms with Gasteiger partial charge in [-0.2, -0.15) is 0 Å². The highest BCUT2D eigenvalue weighted by atomic mass is 16.3. The lowest BCUT2D eigenvalue weighted by molar-refractivity contribution is 0.238. The molecule has 1 aromatic rings. The van der Waals surface area contributed by atoms with Gasteiger partial charge in [0, 0.05) is 0 Å². The lowest BCUT2D eigenvalue weighted by Crippen LogP contribution is -1.92. The van der Waals surface area contributed by atoms with Gasteiger partial charge in [-0.3, -0.25) is 0 Å². The maximum absolute atomic E-state index is 9.33. The van der Waals surface area contributed by atoms with Crippen molar-refractivity contribution in [2.75, 3.05) is 0 Å². The van der Waals surface area contributed by atoms with Crippen LogP contribution in [0.1, 0.15) is 17.2 Å². The molecule has 1 unspecified atom stereocenters. The number of benzene rings is 1. The largest absolute Gasteiger partial charge is 0.376 e. The molecule has 70 valence electrons. The molecule has 0 aliphatic heterocycles. The van der Waals surface area contributed by atoms with Gasteiger partial charge in [0.15, 0.2) is 0 Å². The Kier molecular flexibility index (Phi) is 3.72. The maximum atomic E-state index is 9.33. The normalized spacial score (nSPS) is 12.3. The summed E-state index contributed by atoms with van der Waals surface area (Å²) in [5.74, 6) is 2.27. The van der Waals surface area contributed by atoms with Crippen LogP contribution in [0.25, 0.3) is 6.08 Å². The van der Waals surface area contributed by atoms with E-state index in [1.54, 1.807) is 6.08 Å². The Morgan fingerprint density at radius 3 is 2.50 bits per heavy atom. The zero-order valence-corrected chi connectivity index (χ0v) is 7.85. The third-order valence-corrected chi connectivity index (χ3v) is 1.83. The highest BCUT2D eigenvalue weighted by molar-refractivity contribution is 5.51. The van der Waals surface area contributed by atoms with Crippen LogP contribution in [0, 0.1) is 12.3 Å². The molecule has 0 heterocycles. The molecule has 0 fully saturated rings. The van der Waals surface area contributed by atoms with Crippen LogP contribution in [0.3, 0.4) is 0 Å². The van der Waals surface area contributed by atoms with E-state index in [0.717, 1.165) is 11.1 Å². The van der Waals surface area contributed by atoms with E-state index in [1.165, 1.54) is 0 Å². The molecule has 1 N–H and O–H groups in total. The number of allylic oxidation sites excluding steroid dienone is 2. The third kappa shape index (κ3) is 2.62. The monoisotopic (exact) mass is 184 g/mol. The van der Waals surface area contributed by atoms with Crippen LogP contribution in [0.4, 0.5) is 0 Å². The summed E-state index contributed by atoms with van der Waals surface area (Å²) in [5.41, 5.74) is 1.79. The van der Waals surface area contributed by atoms with Crippen molar-refractivity contribution < 1.29 is 5.11 Å². The van der Waals surface area contributed by atoms with Crippen molar-refractivity contribution in [1.82, 2.24) is 0 Å². The Bertz CT molecular complexity index is 365. The smallest absolute Gasteiger partial charge is 0.139 e. The van der Waals surface area contributed by atoms with Crippen LogP contribution in [0.5, 0.6) is 0 Å². The Morgan fingerprint density at radius 2 is 2.00 bits per heavy atom. The van der Waals surface area contributed by atoms with Crippen molar-refractivity contribution in [3.8, 4) is 12.3 Å². The summed E-state index contributed by atoms with van der Waals surface area (Å²) in [6.45, 7) is 3.58. The second-order valence-electron chi connectivity index (χ2n) is 2.83. The van der Waals surface area contributed by atoms with Crippen LogP contribution in [0.2, 0.25) is 0 Å². The predicted molar refractivity (Wildman–Crippen MR) is 59.5 cm³/mol. The zero-order chi connectivity index (χ0) is 10.4. The predicted octanol–water partition coefficient (Wildman–Crippen LogP) is 2.55. The van der Waals surface area contributed by atoms with Gasteiger partial charge >= 0.3 is 0 Å². The van der Waals surface area contributed by atoms with E-state index in [9.17, 15) is 5.11 Å². The number of hydrogen-bond donors (Lipinski definition) is 1. The minimum Gasteiger partial charge on any atom is -0.376 e. The van der Waals surface area contributed by atoms with Crippen LogP contribution in [-0.4, -0.2) is 5.11 Å². The van der Waals surface area contributed by atoms with Gasteiger partial charge in [-0.15, -0.1) is 6.42 Å². The van der Waals surface area contributed by atoms with Gasteiger partial charge in [-0.25, -0.2) is 0 Å². The second kappa shape index (κ2) is 5.06. The van der Waals surface area contributed by atoms with Crippen LogP contribution in [-0.2, 0) is 0 Å². The second-order valence-corrected chi connectivity index (χ2v) is 2.83. The third-order valence-electron chi connectivity index (χ3n) is 1.83. The maximum Gasteiger partial charge on any atom is 0.139 e. The Labute approximate surface area is 84.4 Å². The average Bonchev–Trinajstić information content (AvgIpc) is 2.26. The fourth-order valence-corrected chi connectivity index (χ4v) is 1.06. The molecular formula is C13H12O. The van der Waals surface area contributed by atoms with E-state index < -0.39 is 6.10 Å². The van der Waals surface area contributed by atoms with E-state index in [-0.39, 0.29) is 0 Å². The van der Waals surface area contributed by atoms with Gasteiger partial charge in [0.1, 0.15) is 6.10 Å². The molecule has 0 radical (unpaired) electrons. The molecule has 1 nitrogen and oxygen atoms in total.